The minimum Gasteiger partial charge on any atom is -0.507 e. The Bertz CT molecular complexity index is 891. The minimum atomic E-state index is -0.614. The maximum absolute atomic E-state index is 12.1. The SMILES string of the molecule is COc1cc(C2=N/C(=C\c3ccccc3O)C(=O)O2)cc(OC)c1OC. The summed E-state index contributed by atoms with van der Waals surface area (Å²) in [4.78, 5) is 16.4. The molecular formula is C19H17NO6. The van der Waals surface area contributed by atoms with Crippen molar-refractivity contribution in [2.75, 3.05) is 21.3 Å². The Morgan fingerprint density at radius 2 is 1.69 bits per heavy atom. The fourth-order valence-corrected chi connectivity index (χ4v) is 2.49. The van der Waals surface area contributed by atoms with Crippen molar-refractivity contribution >= 4 is 17.9 Å². The van der Waals surface area contributed by atoms with E-state index in [1.54, 1.807) is 30.3 Å². The smallest absolute Gasteiger partial charge is 0.363 e. The minimum absolute atomic E-state index is 0.0456. The summed E-state index contributed by atoms with van der Waals surface area (Å²) in [6.07, 6.45) is 1.46. The number of phenolic OH excluding ortho intramolecular Hbond substituents is 1. The van der Waals surface area contributed by atoms with Crippen LogP contribution < -0.4 is 14.2 Å². The molecule has 7 heteroatoms. The lowest BCUT2D eigenvalue weighted by molar-refractivity contribution is -0.129. The number of aliphatic imine (C=N–C) groups is 1. The fourth-order valence-electron chi connectivity index (χ4n) is 2.49. The summed E-state index contributed by atoms with van der Waals surface area (Å²) in [5, 5.41) is 9.84. The zero-order chi connectivity index (χ0) is 18.7. The molecule has 0 unspecified atom stereocenters. The molecule has 0 spiro atoms. The number of aromatic hydroxyl groups is 1. The second-order valence-electron chi connectivity index (χ2n) is 5.31. The first-order chi connectivity index (χ1) is 12.6. The molecule has 1 heterocycles. The lowest BCUT2D eigenvalue weighted by atomic mass is 10.1. The van der Waals surface area contributed by atoms with Gasteiger partial charge in [0, 0.05) is 11.1 Å². The highest BCUT2D eigenvalue weighted by atomic mass is 16.6. The van der Waals surface area contributed by atoms with E-state index < -0.39 is 5.97 Å². The lowest BCUT2D eigenvalue weighted by Gasteiger charge is -2.13. The molecule has 0 aromatic heterocycles. The van der Waals surface area contributed by atoms with Crippen molar-refractivity contribution in [2.45, 2.75) is 0 Å². The van der Waals surface area contributed by atoms with E-state index in [0.29, 0.717) is 28.4 Å². The van der Waals surface area contributed by atoms with E-state index in [2.05, 4.69) is 4.99 Å². The molecule has 0 atom stereocenters. The van der Waals surface area contributed by atoms with Crippen molar-refractivity contribution in [2.24, 2.45) is 4.99 Å². The predicted molar refractivity (Wildman–Crippen MR) is 94.8 cm³/mol. The summed E-state index contributed by atoms with van der Waals surface area (Å²) in [5.74, 6) is 0.795. The maximum atomic E-state index is 12.1. The monoisotopic (exact) mass is 355 g/mol. The molecule has 0 aliphatic carbocycles. The third kappa shape index (κ3) is 3.19. The average Bonchev–Trinajstić information content (AvgIpc) is 3.02. The van der Waals surface area contributed by atoms with Crippen LogP contribution in [0.1, 0.15) is 11.1 Å². The van der Waals surface area contributed by atoms with Gasteiger partial charge in [0.15, 0.2) is 17.2 Å². The van der Waals surface area contributed by atoms with E-state index in [1.807, 2.05) is 0 Å². The molecule has 0 radical (unpaired) electrons. The highest BCUT2D eigenvalue weighted by Gasteiger charge is 2.26. The third-order valence-corrected chi connectivity index (χ3v) is 3.76. The highest BCUT2D eigenvalue weighted by molar-refractivity contribution is 6.13. The number of rotatable bonds is 5. The molecule has 0 saturated heterocycles. The summed E-state index contributed by atoms with van der Waals surface area (Å²) >= 11 is 0. The normalized spacial score (nSPS) is 14.8. The first-order valence-electron chi connectivity index (χ1n) is 7.68. The van der Waals surface area contributed by atoms with E-state index >= 15 is 0 Å². The van der Waals surface area contributed by atoms with Crippen molar-refractivity contribution in [3.63, 3.8) is 0 Å². The van der Waals surface area contributed by atoms with Gasteiger partial charge in [-0.3, -0.25) is 0 Å². The fraction of sp³-hybridized carbons (Fsp3) is 0.158. The van der Waals surface area contributed by atoms with E-state index in [1.165, 1.54) is 33.5 Å². The number of carbonyl (C=O) groups excluding carboxylic acids is 1. The van der Waals surface area contributed by atoms with Gasteiger partial charge in [0.2, 0.25) is 11.6 Å². The highest BCUT2D eigenvalue weighted by Crippen LogP contribution is 2.39. The zero-order valence-corrected chi connectivity index (χ0v) is 14.5. The number of phenols is 1. The first-order valence-corrected chi connectivity index (χ1v) is 7.68. The number of ether oxygens (including phenoxy) is 4. The summed E-state index contributed by atoms with van der Waals surface area (Å²) in [6, 6.07) is 9.90. The molecular weight excluding hydrogens is 338 g/mol. The number of nitrogens with zero attached hydrogens (tertiary/aromatic N) is 1. The van der Waals surface area contributed by atoms with Crippen LogP contribution in [0.2, 0.25) is 0 Å². The maximum Gasteiger partial charge on any atom is 0.363 e. The van der Waals surface area contributed by atoms with E-state index in [-0.39, 0.29) is 17.3 Å². The van der Waals surface area contributed by atoms with Crippen LogP contribution in [0.15, 0.2) is 47.1 Å². The third-order valence-electron chi connectivity index (χ3n) is 3.76. The van der Waals surface area contributed by atoms with Crippen LogP contribution in [-0.2, 0) is 9.53 Å². The zero-order valence-electron chi connectivity index (χ0n) is 14.5. The van der Waals surface area contributed by atoms with Gasteiger partial charge < -0.3 is 24.1 Å². The van der Waals surface area contributed by atoms with Crippen LogP contribution in [0.5, 0.6) is 23.0 Å². The van der Waals surface area contributed by atoms with Gasteiger partial charge in [0.05, 0.1) is 21.3 Å². The molecule has 0 amide bonds. The van der Waals surface area contributed by atoms with Crippen LogP contribution in [0.25, 0.3) is 6.08 Å². The number of cyclic esters (lactones) is 1. The van der Waals surface area contributed by atoms with Gasteiger partial charge in [-0.2, -0.15) is 0 Å². The van der Waals surface area contributed by atoms with E-state index in [9.17, 15) is 9.90 Å². The number of esters is 1. The van der Waals surface area contributed by atoms with Gasteiger partial charge in [0.1, 0.15) is 5.75 Å². The van der Waals surface area contributed by atoms with Crippen LogP contribution in [0.3, 0.4) is 0 Å². The first kappa shape index (κ1) is 17.3. The molecule has 3 rings (SSSR count). The van der Waals surface area contributed by atoms with E-state index in [4.69, 9.17) is 18.9 Å². The Morgan fingerprint density at radius 1 is 1.04 bits per heavy atom. The molecule has 7 nitrogen and oxygen atoms in total. The van der Waals surface area contributed by atoms with Crippen molar-refractivity contribution in [1.29, 1.82) is 0 Å². The molecule has 26 heavy (non-hydrogen) atoms. The van der Waals surface area contributed by atoms with Crippen molar-refractivity contribution in [1.82, 2.24) is 0 Å². The topological polar surface area (TPSA) is 86.6 Å². The van der Waals surface area contributed by atoms with E-state index in [0.717, 1.165) is 0 Å². The second kappa shape index (κ2) is 7.18. The number of para-hydroxylation sites is 1. The molecule has 2 aromatic carbocycles. The summed E-state index contributed by atoms with van der Waals surface area (Å²) in [7, 11) is 4.49. The molecule has 1 aliphatic heterocycles. The largest absolute Gasteiger partial charge is 0.507 e. The molecule has 1 aliphatic rings. The van der Waals surface area contributed by atoms with Crippen LogP contribution in [-0.4, -0.2) is 38.3 Å². The Kier molecular flexibility index (Phi) is 4.79. The Morgan fingerprint density at radius 3 is 2.27 bits per heavy atom. The Labute approximate surface area is 150 Å². The molecule has 0 bridgehead atoms. The molecule has 0 saturated carbocycles. The Balaban J connectivity index is 2.03. The van der Waals surface area contributed by atoms with Crippen LogP contribution in [0, 0.1) is 0 Å². The summed E-state index contributed by atoms with van der Waals surface area (Å²) in [6.45, 7) is 0. The number of hydrogen-bond donors (Lipinski definition) is 1. The molecule has 0 fully saturated rings. The van der Waals surface area contributed by atoms with Gasteiger partial charge in [-0.15, -0.1) is 0 Å². The number of methoxy groups -OCH3 is 3. The molecule has 134 valence electrons. The van der Waals surface area contributed by atoms with Gasteiger partial charge in [-0.1, -0.05) is 18.2 Å². The van der Waals surface area contributed by atoms with Crippen LogP contribution in [0.4, 0.5) is 0 Å². The predicted octanol–water partition coefficient (Wildman–Crippen LogP) is 2.76. The van der Waals surface area contributed by atoms with Gasteiger partial charge in [0.25, 0.3) is 0 Å². The van der Waals surface area contributed by atoms with Crippen molar-refractivity contribution in [3.05, 3.63) is 53.2 Å². The Hall–Kier alpha value is -3.48. The quantitative estimate of drug-likeness (QED) is 0.656. The standard InChI is InChI=1S/C19H17NO6/c1-23-15-9-12(10-16(24-2)17(15)25-3)18-20-13(19(22)26-18)8-11-6-4-5-7-14(11)21/h4-10,21H,1-3H3/b13-8-. The van der Waals surface area contributed by atoms with Crippen LogP contribution >= 0.6 is 0 Å². The van der Waals surface area contributed by atoms with Gasteiger partial charge in [-0.05, 0) is 24.3 Å². The second-order valence-corrected chi connectivity index (χ2v) is 5.31. The average molecular weight is 355 g/mol. The molecule has 1 N–H and O–H groups in total. The summed E-state index contributed by atoms with van der Waals surface area (Å²) in [5.41, 5.74) is 1.04. The lowest BCUT2D eigenvalue weighted by Crippen LogP contribution is -2.06. The number of carbonyl (C=O) groups is 1. The van der Waals surface area contributed by atoms with Crippen molar-refractivity contribution < 1.29 is 28.8 Å². The van der Waals surface area contributed by atoms with Gasteiger partial charge in [-0.25, -0.2) is 9.79 Å². The van der Waals surface area contributed by atoms with Gasteiger partial charge >= 0.3 is 5.97 Å². The number of hydrogen-bond acceptors (Lipinski definition) is 7. The number of benzene rings is 2. The van der Waals surface area contributed by atoms with Crippen molar-refractivity contribution in [3.8, 4) is 23.0 Å². The molecule has 2 aromatic rings. The summed E-state index contributed by atoms with van der Waals surface area (Å²) < 4.78 is 21.1.